The maximum absolute atomic E-state index is 14.0. The molecular weight excluding hydrogens is 394 g/mol. The maximum atomic E-state index is 14.0. The summed E-state index contributed by atoms with van der Waals surface area (Å²) in [5.74, 6) is -0.686. The van der Waals surface area contributed by atoms with Crippen molar-refractivity contribution < 1.29 is 4.79 Å². The fourth-order valence-electron chi connectivity index (χ4n) is 5.16. The van der Waals surface area contributed by atoms with E-state index in [9.17, 15) is 15.3 Å². The molecule has 3 aromatic rings. The number of hydrogen-bond acceptors (Lipinski definition) is 4. The summed E-state index contributed by atoms with van der Waals surface area (Å²) in [5.41, 5.74) is 2.92. The molecule has 1 fully saturated rings. The minimum absolute atomic E-state index is 0.0821. The highest BCUT2D eigenvalue weighted by atomic mass is 16.1. The van der Waals surface area contributed by atoms with Crippen LogP contribution < -0.4 is 4.90 Å². The Hall–Kier alpha value is -4.15. The van der Waals surface area contributed by atoms with Crippen molar-refractivity contribution in [1.29, 1.82) is 10.5 Å². The molecular formula is C28H21N3O. The minimum atomic E-state index is -1.41. The molecule has 0 spiro atoms. The number of aryl methyl sites for hydroxylation is 1. The third-order valence-corrected chi connectivity index (χ3v) is 6.68. The quantitative estimate of drug-likeness (QED) is 0.546. The molecule has 0 radical (unpaired) electrons. The zero-order valence-electron chi connectivity index (χ0n) is 17.6. The molecule has 3 aromatic carbocycles. The standard InChI is InChI=1S/C28H21N3O/c1-19-11-13-22(14-12-19)27(32)26-25(21-8-3-2-4-9-21)28(17-29,18-30)24-16-15-20-7-5-6-10-23(20)31(24)26/h2-16,24-26H,1H3/t24-,25+,26-/m1/s1. The Morgan fingerprint density at radius 3 is 2.25 bits per heavy atom. The molecule has 2 aliphatic heterocycles. The number of Topliss-reactive ketones (excluding diaryl/α,β-unsaturated/α-hetero) is 1. The van der Waals surface area contributed by atoms with Crippen molar-refractivity contribution in [3.63, 3.8) is 0 Å². The van der Waals surface area contributed by atoms with E-state index >= 15 is 0 Å². The summed E-state index contributed by atoms with van der Waals surface area (Å²) in [4.78, 5) is 16.0. The van der Waals surface area contributed by atoms with Crippen LogP contribution in [-0.2, 0) is 0 Å². The van der Waals surface area contributed by atoms with Crippen molar-refractivity contribution in [1.82, 2.24) is 0 Å². The van der Waals surface area contributed by atoms with Gasteiger partial charge < -0.3 is 4.90 Å². The largest absolute Gasteiger partial charge is 0.351 e. The second-order valence-electron chi connectivity index (χ2n) is 8.43. The summed E-state index contributed by atoms with van der Waals surface area (Å²) < 4.78 is 0. The molecule has 5 rings (SSSR count). The van der Waals surface area contributed by atoms with Gasteiger partial charge in [0.05, 0.1) is 18.2 Å². The Morgan fingerprint density at radius 2 is 1.56 bits per heavy atom. The molecule has 3 atom stereocenters. The molecule has 0 aromatic heterocycles. The van der Waals surface area contributed by atoms with Crippen LogP contribution in [0.25, 0.3) is 6.08 Å². The van der Waals surface area contributed by atoms with Crippen LogP contribution in [0.5, 0.6) is 0 Å². The van der Waals surface area contributed by atoms with E-state index in [1.807, 2.05) is 103 Å². The van der Waals surface area contributed by atoms with Crippen LogP contribution in [0.1, 0.15) is 33.0 Å². The molecule has 0 N–H and O–H groups in total. The number of para-hydroxylation sites is 1. The van der Waals surface area contributed by atoms with Crippen LogP contribution in [-0.4, -0.2) is 17.9 Å². The number of benzene rings is 3. The Morgan fingerprint density at radius 1 is 0.906 bits per heavy atom. The summed E-state index contributed by atoms with van der Waals surface area (Å²) in [7, 11) is 0. The van der Waals surface area contributed by atoms with Crippen molar-refractivity contribution >= 4 is 17.5 Å². The van der Waals surface area contributed by atoms with Gasteiger partial charge in [0.15, 0.2) is 11.2 Å². The molecule has 32 heavy (non-hydrogen) atoms. The fraction of sp³-hybridized carbons (Fsp3) is 0.179. The van der Waals surface area contributed by atoms with E-state index in [0.29, 0.717) is 5.56 Å². The van der Waals surface area contributed by atoms with Gasteiger partial charge in [-0.15, -0.1) is 0 Å². The molecule has 4 nitrogen and oxygen atoms in total. The highest BCUT2D eigenvalue weighted by Crippen LogP contribution is 2.55. The van der Waals surface area contributed by atoms with Crippen LogP contribution in [0.15, 0.2) is 84.9 Å². The van der Waals surface area contributed by atoms with E-state index in [2.05, 4.69) is 12.1 Å². The summed E-state index contributed by atoms with van der Waals surface area (Å²) in [6, 6.07) is 28.3. The first-order valence-electron chi connectivity index (χ1n) is 10.6. The highest BCUT2D eigenvalue weighted by molar-refractivity contribution is 6.04. The van der Waals surface area contributed by atoms with Gasteiger partial charge in [0.25, 0.3) is 0 Å². The average Bonchev–Trinajstić information content (AvgIpc) is 3.15. The van der Waals surface area contributed by atoms with Crippen molar-refractivity contribution in [3.05, 3.63) is 107 Å². The summed E-state index contributed by atoms with van der Waals surface area (Å²) in [6.07, 6.45) is 3.87. The molecule has 154 valence electrons. The van der Waals surface area contributed by atoms with Gasteiger partial charge in [0.1, 0.15) is 6.04 Å². The predicted octanol–water partition coefficient (Wildman–Crippen LogP) is 5.28. The van der Waals surface area contributed by atoms with E-state index in [0.717, 1.165) is 22.4 Å². The Labute approximate surface area is 187 Å². The number of carbonyl (C=O) groups is 1. The molecule has 2 heterocycles. The van der Waals surface area contributed by atoms with Gasteiger partial charge in [-0.25, -0.2) is 0 Å². The third-order valence-electron chi connectivity index (χ3n) is 6.68. The van der Waals surface area contributed by atoms with Crippen molar-refractivity contribution in [2.24, 2.45) is 5.41 Å². The van der Waals surface area contributed by atoms with Gasteiger partial charge in [-0.1, -0.05) is 90.5 Å². The van der Waals surface area contributed by atoms with Crippen molar-refractivity contribution in [2.45, 2.75) is 24.9 Å². The van der Waals surface area contributed by atoms with Crippen molar-refractivity contribution in [2.75, 3.05) is 4.90 Å². The third kappa shape index (κ3) is 2.77. The lowest BCUT2D eigenvalue weighted by Crippen LogP contribution is -2.44. The number of rotatable bonds is 3. The highest BCUT2D eigenvalue weighted by Gasteiger charge is 2.63. The molecule has 0 aliphatic carbocycles. The van der Waals surface area contributed by atoms with Gasteiger partial charge in [-0.2, -0.15) is 10.5 Å². The number of nitrogens with zero attached hydrogens (tertiary/aromatic N) is 3. The Kier molecular flexibility index (Phi) is 4.65. The molecule has 0 saturated carbocycles. The molecule has 2 aliphatic rings. The van der Waals surface area contributed by atoms with E-state index in [-0.39, 0.29) is 5.78 Å². The van der Waals surface area contributed by atoms with Gasteiger partial charge in [0.2, 0.25) is 0 Å². The van der Waals surface area contributed by atoms with Gasteiger partial charge in [-0.05, 0) is 24.1 Å². The fourth-order valence-corrected chi connectivity index (χ4v) is 5.16. The lowest BCUT2D eigenvalue weighted by Gasteiger charge is -2.35. The zero-order valence-corrected chi connectivity index (χ0v) is 17.6. The Bertz CT molecular complexity index is 1280. The molecule has 1 saturated heterocycles. The SMILES string of the molecule is Cc1ccc(C(=O)[C@H]2[C@H](c3ccccc3)C(C#N)(C#N)[C@H]3C=Cc4ccccc4N23)cc1. The van der Waals surface area contributed by atoms with E-state index in [4.69, 9.17) is 0 Å². The number of ketones is 1. The minimum Gasteiger partial charge on any atom is -0.351 e. The van der Waals surface area contributed by atoms with Crippen LogP contribution >= 0.6 is 0 Å². The lowest BCUT2D eigenvalue weighted by molar-refractivity contribution is 0.0951. The maximum Gasteiger partial charge on any atom is 0.185 e. The van der Waals surface area contributed by atoms with E-state index in [1.165, 1.54) is 0 Å². The van der Waals surface area contributed by atoms with Crippen LogP contribution in [0, 0.1) is 35.0 Å². The number of fused-ring (bicyclic) bond motifs is 3. The van der Waals surface area contributed by atoms with Crippen LogP contribution in [0.2, 0.25) is 0 Å². The topological polar surface area (TPSA) is 67.9 Å². The number of hydrogen-bond donors (Lipinski definition) is 0. The molecule has 0 bridgehead atoms. The summed E-state index contributed by atoms with van der Waals surface area (Å²) in [5, 5.41) is 20.8. The summed E-state index contributed by atoms with van der Waals surface area (Å²) in [6.45, 7) is 1.98. The molecule has 0 amide bonds. The first kappa shape index (κ1) is 19.8. The zero-order chi connectivity index (χ0) is 22.3. The smallest absolute Gasteiger partial charge is 0.185 e. The molecule has 4 heteroatoms. The van der Waals surface area contributed by atoms with Crippen molar-refractivity contribution in [3.8, 4) is 12.1 Å². The van der Waals surface area contributed by atoms with E-state index < -0.39 is 23.4 Å². The number of anilines is 1. The lowest BCUT2D eigenvalue weighted by atomic mass is 9.69. The second-order valence-corrected chi connectivity index (χ2v) is 8.43. The molecule has 0 unspecified atom stereocenters. The monoisotopic (exact) mass is 415 g/mol. The van der Waals surface area contributed by atoms with Gasteiger partial charge in [0, 0.05) is 17.2 Å². The van der Waals surface area contributed by atoms with Gasteiger partial charge >= 0.3 is 0 Å². The Balaban J connectivity index is 1.78. The predicted molar refractivity (Wildman–Crippen MR) is 124 cm³/mol. The number of nitriles is 2. The van der Waals surface area contributed by atoms with E-state index in [1.54, 1.807) is 0 Å². The normalized spacial score (nSPS) is 22.3. The first-order chi connectivity index (χ1) is 15.6. The summed E-state index contributed by atoms with van der Waals surface area (Å²) >= 11 is 0. The van der Waals surface area contributed by atoms with Crippen LogP contribution in [0.4, 0.5) is 5.69 Å². The van der Waals surface area contributed by atoms with Crippen LogP contribution in [0.3, 0.4) is 0 Å². The average molecular weight is 415 g/mol. The van der Waals surface area contributed by atoms with Gasteiger partial charge in [-0.3, -0.25) is 4.79 Å². The second kappa shape index (κ2) is 7.52. The first-order valence-corrected chi connectivity index (χ1v) is 10.6. The number of carbonyl (C=O) groups excluding carboxylic acids is 1.